The summed E-state index contributed by atoms with van der Waals surface area (Å²) in [7, 11) is 0. The summed E-state index contributed by atoms with van der Waals surface area (Å²) in [6.45, 7) is 2.24. The van der Waals surface area contributed by atoms with Crippen molar-refractivity contribution in [1.29, 1.82) is 0 Å². The van der Waals surface area contributed by atoms with Gasteiger partial charge < -0.3 is 5.32 Å². The smallest absolute Gasteiger partial charge is 0.382 e. The van der Waals surface area contributed by atoms with E-state index in [1.807, 2.05) is 24.3 Å². The second-order valence-electron chi connectivity index (χ2n) is 6.84. The van der Waals surface area contributed by atoms with Crippen LogP contribution in [-0.4, -0.2) is 6.04 Å². The predicted octanol–water partition coefficient (Wildman–Crippen LogP) is 6.25. The van der Waals surface area contributed by atoms with Crippen LogP contribution in [0.1, 0.15) is 30.9 Å². The molecule has 25 heavy (non-hydrogen) atoms. The number of alkyl halides is 3. The molecule has 1 fully saturated rings. The van der Waals surface area contributed by atoms with Crippen molar-refractivity contribution in [1.82, 2.24) is 0 Å². The Morgan fingerprint density at radius 1 is 0.960 bits per heavy atom. The van der Waals surface area contributed by atoms with Gasteiger partial charge in [0.1, 0.15) is 0 Å². The van der Waals surface area contributed by atoms with E-state index in [4.69, 9.17) is 0 Å². The number of hydrogen-bond acceptors (Lipinski definition) is 1. The van der Waals surface area contributed by atoms with Crippen LogP contribution >= 0.6 is 0 Å². The lowest BCUT2D eigenvalue weighted by Crippen LogP contribution is -2.22. The van der Waals surface area contributed by atoms with Crippen LogP contribution < -0.4 is 5.32 Å². The number of hydrogen-bond donors (Lipinski definition) is 1. The first-order valence-electron chi connectivity index (χ1n) is 8.59. The summed E-state index contributed by atoms with van der Waals surface area (Å²) in [6.07, 6.45) is 1.96. The zero-order valence-corrected chi connectivity index (χ0v) is 14.1. The quantitative estimate of drug-likeness (QED) is 0.691. The number of halogens is 3. The SMILES string of the molecule is CC1CC(C=Cc2ccc(C(F)(F)F)cc2)C(Nc2ccccc2)C1. The van der Waals surface area contributed by atoms with E-state index >= 15 is 0 Å². The van der Waals surface area contributed by atoms with E-state index in [1.54, 1.807) is 0 Å². The molecule has 0 bridgehead atoms. The van der Waals surface area contributed by atoms with E-state index in [1.165, 1.54) is 12.1 Å². The lowest BCUT2D eigenvalue weighted by molar-refractivity contribution is -0.137. The highest BCUT2D eigenvalue weighted by Gasteiger charge is 2.31. The Hall–Kier alpha value is -2.23. The highest BCUT2D eigenvalue weighted by Crippen LogP contribution is 2.34. The van der Waals surface area contributed by atoms with Crippen LogP contribution in [0.5, 0.6) is 0 Å². The molecule has 132 valence electrons. The fourth-order valence-electron chi connectivity index (χ4n) is 3.48. The van der Waals surface area contributed by atoms with Crippen molar-refractivity contribution in [3.63, 3.8) is 0 Å². The van der Waals surface area contributed by atoms with Gasteiger partial charge in [0.25, 0.3) is 0 Å². The monoisotopic (exact) mass is 345 g/mol. The molecule has 0 heterocycles. The minimum atomic E-state index is -4.28. The molecule has 0 amide bonds. The molecule has 0 aromatic heterocycles. The molecule has 2 aromatic rings. The van der Waals surface area contributed by atoms with Crippen LogP contribution in [0.25, 0.3) is 6.08 Å². The first-order valence-corrected chi connectivity index (χ1v) is 8.59. The van der Waals surface area contributed by atoms with Gasteiger partial charge in [0, 0.05) is 11.7 Å². The zero-order valence-electron chi connectivity index (χ0n) is 14.1. The van der Waals surface area contributed by atoms with Crippen molar-refractivity contribution in [2.45, 2.75) is 32.0 Å². The van der Waals surface area contributed by atoms with Gasteiger partial charge in [-0.05, 0) is 54.5 Å². The molecule has 3 unspecified atom stereocenters. The minimum Gasteiger partial charge on any atom is -0.382 e. The summed E-state index contributed by atoms with van der Waals surface area (Å²) >= 11 is 0. The molecule has 3 rings (SSSR count). The summed E-state index contributed by atoms with van der Waals surface area (Å²) in [6, 6.07) is 15.8. The molecule has 0 spiro atoms. The van der Waals surface area contributed by atoms with E-state index in [0.717, 1.165) is 36.2 Å². The molecule has 4 heteroatoms. The largest absolute Gasteiger partial charge is 0.416 e. The molecular formula is C21H22F3N. The third-order valence-corrected chi connectivity index (χ3v) is 4.75. The Labute approximate surface area is 146 Å². The predicted molar refractivity (Wildman–Crippen MR) is 96.2 cm³/mol. The van der Waals surface area contributed by atoms with Crippen molar-refractivity contribution in [2.75, 3.05) is 5.32 Å². The number of anilines is 1. The van der Waals surface area contributed by atoms with Gasteiger partial charge >= 0.3 is 6.18 Å². The molecule has 1 N–H and O–H groups in total. The van der Waals surface area contributed by atoms with E-state index in [2.05, 4.69) is 30.4 Å². The highest BCUT2D eigenvalue weighted by atomic mass is 19.4. The average Bonchev–Trinajstić information content (AvgIpc) is 2.93. The van der Waals surface area contributed by atoms with E-state index in [9.17, 15) is 13.2 Å². The third-order valence-electron chi connectivity index (χ3n) is 4.75. The lowest BCUT2D eigenvalue weighted by atomic mass is 10.0. The zero-order chi connectivity index (χ0) is 17.9. The second-order valence-corrected chi connectivity index (χ2v) is 6.84. The maximum Gasteiger partial charge on any atom is 0.416 e. The van der Waals surface area contributed by atoms with Gasteiger partial charge in [0.05, 0.1) is 5.56 Å². The van der Waals surface area contributed by atoms with E-state index < -0.39 is 11.7 Å². The second kappa shape index (κ2) is 7.34. The first-order chi connectivity index (χ1) is 11.9. The van der Waals surface area contributed by atoms with Crippen LogP contribution in [0.3, 0.4) is 0 Å². The maximum atomic E-state index is 12.6. The molecule has 1 nitrogen and oxygen atoms in total. The summed E-state index contributed by atoms with van der Waals surface area (Å²) in [4.78, 5) is 0. The fourth-order valence-corrected chi connectivity index (χ4v) is 3.48. The van der Waals surface area contributed by atoms with Crippen LogP contribution in [0.2, 0.25) is 0 Å². The van der Waals surface area contributed by atoms with Crippen molar-refractivity contribution in [3.8, 4) is 0 Å². The molecule has 1 aliphatic rings. The molecule has 0 saturated heterocycles. The van der Waals surface area contributed by atoms with E-state index in [0.29, 0.717) is 17.9 Å². The molecule has 0 aliphatic heterocycles. The van der Waals surface area contributed by atoms with Crippen molar-refractivity contribution in [2.24, 2.45) is 11.8 Å². The van der Waals surface area contributed by atoms with Gasteiger partial charge in [-0.1, -0.05) is 49.4 Å². The fraction of sp³-hybridized carbons (Fsp3) is 0.333. The summed E-state index contributed by atoms with van der Waals surface area (Å²) in [5.74, 6) is 1.00. The van der Waals surface area contributed by atoms with Gasteiger partial charge in [0.2, 0.25) is 0 Å². The van der Waals surface area contributed by atoms with Crippen molar-refractivity contribution < 1.29 is 13.2 Å². The Morgan fingerprint density at radius 3 is 2.28 bits per heavy atom. The minimum absolute atomic E-state index is 0.350. The number of para-hydroxylation sites is 1. The lowest BCUT2D eigenvalue weighted by Gasteiger charge is -2.19. The van der Waals surface area contributed by atoms with Crippen molar-refractivity contribution in [3.05, 3.63) is 71.8 Å². The molecule has 3 atom stereocenters. The number of rotatable bonds is 4. The number of nitrogens with one attached hydrogen (secondary N) is 1. The maximum absolute atomic E-state index is 12.6. The highest BCUT2D eigenvalue weighted by molar-refractivity contribution is 5.51. The molecular weight excluding hydrogens is 323 g/mol. The normalized spacial score (nSPS) is 23.9. The van der Waals surface area contributed by atoms with Crippen LogP contribution in [0.15, 0.2) is 60.7 Å². The van der Waals surface area contributed by atoms with Crippen LogP contribution in [-0.2, 0) is 6.18 Å². The standard InChI is InChI=1S/C21H22F3N/c1-15-13-17(20(14-15)25-19-5-3-2-4-6-19)10-7-16-8-11-18(12-9-16)21(22,23)24/h2-12,15,17,20,25H,13-14H2,1H3. The van der Waals surface area contributed by atoms with Gasteiger partial charge in [-0.25, -0.2) is 0 Å². The number of benzene rings is 2. The van der Waals surface area contributed by atoms with Crippen molar-refractivity contribution >= 4 is 11.8 Å². The van der Waals surface area contributed by atoms with Gasteiger partial charge in [0.15, 0.2) is 0 Å². The Balaban J connectivity index is 1.68. The molecule has 0 radical (unpaired) electrons. The van der Waals surface area contributed by atoms with Gasteiger partial charge in [-0.15, -0.1) is 0 Å². The van der Waals surface area contributed by atoms with E-state index in [-0.39, 0.29) is 0 Å². The van der Waals surface area contributed by atoms with Crippen LogP contribution in [0.4, 0.5) is 18.9 Å². The Bertz CT molecular complexity index is 704. The first kappa shape index (κ1) is 17.6. The molecule has 1 aliphatic carbocycles. The van der Waals surface area contributed by atoms with Gasteiger partial charge in [-0.2, -0.15) is 13.2 Å². The molecule has 2 aromatic carbocycles. The van der Waals surface area contributed by atoms with Gasteiger partial charge in [-0.3, -0.25) is 0 Å². The summed E-state index contributed by atoms with van der Waals surface area (Å²) in [5, 5.41) is 3.59. The summed E-state index contributed by atoms with van der Waals surface area (Å²) in [5.41, 5.74) is 1.29. The Morgan fingerprint density at radius 2 is 1.64 bits per heavy atom. The molecule has 1 saturated carbocycles. The summed E-state index contributed by atoms with van der Waals surface area (Å²) < 4.78 is 37.9. The topological polar surface area (TPSA) is 12.0 Å². The third kappa shape index (κ3) is 4.65. The Kier molecular flexibility index (Phi) is 5.16. The van der Waals surface area contributed by atoms with Crippen LogP contribution in [0, 0.1) is 11.8 Å². The average molecular weight is 345 g/mol.